The van der Waals surface area contributed by atoms with Crippen LogP contribution in [0, 0.1) is 0 Å². The molecule has 5 nitrogen and oxygen atoms in total. The summed E-state index contributed by atoms with van der Waals surface area (Å²) in [5.74, 6) is 0.698. The van der Waals surface area contributed by atoms with E-state index in [1.165, 1.54) is 0 Å². The largest absolute Gasteiger partial charge is 0.316 e. The van der Waals surface area contributed by atoms with E-state index in [1.807, 2.05) is 54.7 Å². The third-order valence-electron chi connectivity index (χ3n) is 4.64. The Morgan fingerprint density at radius 1 is 0.897 bits per heavy atom. The topological polar surface area (TPSA) is 55.1 Å². The lowest BCUT2D eigenvalue weighted by molar-refractivity contribution is 1.06. The average molecular weight is 395 g/mol. The Kier molecular flexibility index (Phi) is 4.60. The molecule has 0 atom stereocenters. The van der Waals surface area contributed by atoms with Gasteiger partial charge in [0.15, 0.2) is 5.82 Å². The maximum Gasteiger partial charge on any atom is 0.159 e. The summed E-state index contributed by atoms with van der Waals surface area (Å²) in [4.78, 5) is 9.77. The Bertz CT molecular complexity index is 1270. The second kappa shape index (κ2) is 7.69. The zero-order valence-corrected chi connectivity index (χ0v) is 16.3. The van der Waals surface area contributed by atoms with E-state index >= 15 is 0 Å². The molecule has 0 bridgehead atoms. The molecule has 3 aromatic heterocycles. The first-order valence-electron chi connectivity index (χ1n) is 9.19. The summed E-state index contributed by atoms with van der Waals surface area (Å²) in [7, 11) is 0. The van der Waals surface area contributed by atoms with E-state index in [4.69, 9.17) is 0 Å². The van der Waals surface area contributed by atoms with E-state index in [-0.39, 0.29) is 0 Å². The minimum absolute atomic E-state index is 0.698. The van der Waals surface area contributed by atoms with Gasteiger partial charge in [-0.3, -0.25) is 5.43 Å². The Labute approximate surface area is 172 Å². The molecule has 0 saturated heterocycles. The Morgan fingerprint density at radius 2 is 1.69 bits per heavy atom. The molecule has 29 heavy (non-hydrogen) atoms. The molecule has 5 rings (SSSR count). The predicted molar refractivity (Wildman–Crippen MR) is 120 cm³/mol. The Balaban J connectivity index is 1.47. The van der Waals surface area contributed by atoms with Crippen LogP contribution in [0.5, 0.6) is 0 Å². The first-order valence-corrected chi connectivity index (χ1v) is 10.1. The fourth-order valence-corrected chi connectivity index (χ4v) is 4.19. The van der Waals surface area contributed by atoms with Crippen molar-refractivity contribution in [2.45, 2.75) is 0 Å². The quantitative estimate of drug-likeness (QED) is 0.311. The van der Waals surface area contributed by atoms with Crippen LogP contribution in [0.3, 0.4) is 0 Å². The van der Waals surface area contributed by atoms with Crippen molar-refractivity contribution in [1.29, 1.82) is 0 Å². The van der Waals surface area contributed by atoms with Gasteiger partial charge in [0.25, 0.3) is 0 Å². The number of fused-ring (bicyclic) bond motifs is 1. The second-order valence-corrected chi connectivity index (χ2v) is 7.28. The van der Waals surface area contributed by atoms with Gasteiger partial charge in [-0.25, -0.2) is 9.97 Å². The van der Waals surface area contributed by atoms with E-state index in [1.54, 1.807) is 23.9 Å². The summed E-state index contributed by atoms with van der Waals surface area (Å²) in [6.07, 6.45) is 5.39. The van der Waals surface area contributed by atoms with E-state index < -0.39 is 0 Å². The van der Waals surface area contributed by atoms with Crippen molar-refractivity contribution in [3.63, 3.8) is 0 Å². The van der Waals surface area contributed by atoms with E-state index in [0.29, 0.717) is 5.82 Å². The molecule has 6 heteroatoms. The van der Waals surface area contributed by atoms with Crippen molar-refractivity contribution in [2.75, 3.05) is 5.43 Å². The van der Waals surface area contributed by atoms with Crippen LogP contribution in [0.4, 0.5) is 5.82 Å². The van der Waals surface area contributed by atoms with Gasteiger partial charge in [0.2, 0.25) is 0 Å². The van der Waals surface area contributed by atoms with E-state index in [2.05, 4.69) is 54.7 Å². The molecular formula is C23H17N5S. The van der Waals surface area contributed by atoms with Crippen LogP contribution in [0.25, 0.3) is 27.0 Å². The number of hydrogen-bond acceptors (Lipinski definition) is 5. The van der Waals surface area contributed by atoms with Crippen LogP contribution in [-0.2, 0) is 0 Å². The van der Waals surface area contributed by atoms with Crippen LogP contribution in [0.15, 0.2) is 95.8 Å². The first-order chi connectivity index (χ1) is 14.4. The molecular weight excluding hydrogens is 378 g/mol. The van der Waals surface area contributed by atoms with Gasteiger partial charge in [0.05, 0.1) is 17.3 Å². The van der Waals surface area contributed by atoms with Gasteiger partial charge in [-0.2, -0.15) is 5.10 Å². The Hall–Kier alpha value is -3.77. The van der Waals surface area contributed by atoms with Gasteiger partial charge in [-0.05, 0) is 29.8 Å². The monoisotopic (exact) mass is 395 g/mol. The summed E-state index contributed by atoms with van der Waals surface area (Å²) < 4.78 is 2.08. The van der Waals surface area contributed by atoms with Crippen LogP contribution >= 0.6 is 11.3 Å². The van der Waals surface area contributed by atoms with Crippen molar-refractivity contribution in [3.05, 3.63) is 96.4 Å². The van der Waals surface area contributed by atoms with Crippen LogP contribution in [-0.4, -0.2) is 20.7 Å². The first kappa shape index (κ1) is 17.3. The van der Waals surface area contributed by atoms with E-state index in [9.17, 15) is 0 Å². The lowest BCUT2D eigenvalue weighted by atomic mass is 10.1. The molecule has 0 aliphatic rings. The highest BCUT2D eigenvalue weighted by molar-refractivity contribution is 7.17. The number of rotatable bonds is 5. The smallest absolute Gasteiger partial charge is 0.159 e. The molecule has 1 N–H and O–H groups in total. The fourth-order valence-electron chi connectivity index (χ4n) is 3.27. The summed E-state index contributed by atoms with van der Waals surface area (Å²) in [6, 6.07) is 24.5. The van der Waals surface area contributed by atoms with Crippen molar-refractivity contribution in [3.8, 4) is 16.8 Å². The molecule has 0 amide bonds. The molecule has 0 unspecified atom stereocenters. The minimum atomic E-state index is 0.698. The zero-order chi connectivity index (χ0) is 19.5. The highest BCUT2D eigenvalue weighted by Crippen LogP contribution is 2.36. The van der Waals surface area contributed by atoms with Crippen LogP contribution in [0.2, 0.25) is 0 Å². The molecule has 5 aromatic rings. The summed E-state index contributed by atoms with van der Waals surface area (Å²) in [6.45, 7) is 0. The predicted octanol–water partition coefficient (Wildman–Crippen LogP) is 5.60. The maximum absolute atomic E-state index is 4.45. The lowest BCUT2D eigenvalue weighted by Crippen LogP contribution is -2.00. The third kappa shape index (κ3) is 3.41. The van der Waals surface area contributed by atoms with Crippen LogP contribution in [0.1, 0.15) is 5.69 Å². The zero-order valence-electron chi connectivity index (χ0n) is 15.4. The molecule has 0 saturated carbocycles. The highest BCUT2D eigenvalue weighted by atomic mass is 32.1. The second-order valence-electron chi connectivity index (χ2n) is 6.43. The number of para-hydroxylation sites is 1. The molecule has 0 fully saturated rings. The van der Waals surface area contributed by atoms with Gasteiger partial charge in [0.1, 0.15) is 11.2 Å². The number of aromatic nitrogens is 3. The van der Waals surface area contributed by atoms with Crippen molar-refractivity contribution < 1.29 is 0 Å². The maximum atomic E-state index is 4.45. The number of hydrazone groups is 1. The molecule has 3 heterocycles. The lowest BCUT2D eigenvalue weighted by Gasteiger charge is -2.06. The van der Waals surface area contributed by atoms with Gasteiger partial charge < -0.3 is 4.57 Å². The molecule has 140 valence electrons. The van der Waals surface area contributed by atoms with Gasteiger partial charge in [0, 0.05) is 22.8 Å². The number of anilines is 1. The molecule has 0 aliphatic carbocycles. The highest BCUT2D eigenvalue weighted by Gasteiger charge is 2.12. The number of thiophene rings is 1. The summed E-state index contributed by atoms with van der Waals surface area (Å²) in [5, 5.41) is 7.55. The van der Waals surface area contributed by atoms with Gasteiger partial charge in [-0.1, -0.05) is 48.5 Å². The molecule has 0 aliphatic heterocycles. The fraction of sp³-hybridized carbons (Fsp3) is 0. The number of nitrogens with zero attached hydrogens (tertiary/aromatic N) is 4. The summed E-state index contributed by atoms with van der Waals surface area (Å²) in [5.41, 5.74) is 7.42. The molecule has 0 radical (unpaired) electrons. The number of benzene rings is 2. The SMILES string of the molecule is C(=N\Nc1ncnc2scc(-c3ccccc3)c12)/c1cccn1-c1ccccc1. The molecule has 0 spiro atoms. The van der Waals surface area contributed by atoms with Gasteiger partial charge >= 0.3 is 0 Å². The third-order valence-corrected chi connectivity index (χ3v) is 5.52. The van der Waals surface area contributed by atoms with Crippen LogP contribution < -0.4 is 5.43 Å². The summed E-state index contributed by atoms with van der Waals surface area (Å²) >= 11 is 1.61. The number of nitrogens with one attached hydrogen (secondary N) is 1. The van der Waals surface area contributed by atoms with Crippen molar-refractivity contribution >= 4 is 33.6 Å². The molecule has 2 aromatic carbocycles. The minimum Gasteiger partial charge on any atom is -0.316 e. The van der Waals surface area contributed by atoms with E-state index in [0.717, 1.165) is 32.7 Å². The van der Waals surface area contributed by atoms with Gasteiger partial charge in [-0.15, -0.1) is 11.3 Å². The standard InChI is InChI=1S/C23H17N5S/c1-3-8-17(9-4-1)20-15-29-23-21(20)22(24-16-25-23)27-26-14-19-12-7-13-28(19)18-10-5-2-6-11-18/h1-16H,(H,24,25,27)/b26-14+. The van der Waals surface area contributed by atoms with Crippen molar-refractivity contribution in [1.82, 2.24) is 14.5 Å². The average Bonchev–Trinajstić information content (AvgIpc) is 3.43. The normalized spacial score (nSPS) is 11.3. The number of hydrogen-bond donors (Lipinski definition) is 1. The Morgan fingerprint density at radius 3 is 2.52 bits per heavy atom. The van der Waals surface area contributed by atoms with Crippen molar-refractivity contribution in [2.24, 2.45) is 5.10 Å².